The van der Waals surface area contributed by atoms with Gasteiger partial charge in [0.05, 0.1) is 10.9 Å². The van der Waals surface area contributed by atoms with Crippen LogP contribution in [0.15, 0.2) is 29.1 Å². The van der Waals surface area contributed by atoms with E-state index in [-0.39, 0.29) is 15.8 Å². The third-order valence-electron chi connectivity index (χ3n) is 1.63. The lowest BCUT2D eigenvalue weighted by atomic mass is 10.2. The molecule has 0 aliphatic carbocycles. The van der Waals surface area contributed by atoms with Gasteiger partial charge in [-0.3, -0.25) is 9.78 Å². The SMILES string of the molecule is NC(=S)S.Nc1nc2ccccc2c(=O)[nH]1. The Morgan fingerprint density at radius 3 is 2.62 bits per heavy atom. The number of aromatic nitrogens is 2. The molecule has 0 bridgehead atoms. The molecular weight excluding hydrogens is 244 g/mol. The molecule has 16 heavy (non-hydrogen) atoms. The average Bonchev–Trinajstić information content (AvgIpc) is 2.16. The van der Waals surface area contributed by atoms with E-state index in [0.29, 0.717) is 10.9 Å². The summed E-state index contributed by atoms with van der Waals surface area (Å²) in [6.45, 7) is 0. The molecule has 84 valence electrons. The second-order valence-electron chi connectivity index (χ2n) is 2.81. The van der Waals surface area contributed by atoms with Crippen LogP contribution in [0.25, 0.3) is 10.9 Å². The minimum absolute atomic E-state index is 0.152. The molecule has 2 rings (SSSR count). The molecule has 7 heteroatoms. The number of aromatic amines is 1. The van der Waals surface area contributed by atoms with Crippen molar-refractivity contribution in [1.82, 2.24) is 9.97 Å². The number of H-pyrrole nitrogens is 1. The lowest BCUT2D eigenvalue weighted by Gasteiger charge is -1.95. The van der Waals surface area contributed by atoms with Crippen molar-refractivity contribution in [2.45, 2.75) is 0 Å². The standard InChI is InChI=1S/C8H7N3O.CH3NS2/c9-8-10-6-4-2-1-3-5(6)7(12)11-8;2-1(3)4/h1-4H,(H3,9,10,11,12);(H3,2,3,4). The maximum atomic E-state index is 11.2. The minimum atomic E-state index is -0.196. The van der Waals surface area contributed by atoms with E-state index < -0.39 is 0 Å². The van der Waals surface area contributed by atoms with Gasteiger partial charge in [0.1, 0.15) is 4.32 Å². The fraction of sp³-hybridized carbons (Fsp3) is 0. The van der Waals surface area contributed by atoms with Crippen molar-refractivity contribution in [3.63, 3.8) is 0 Å². The molecule has 0 spiro atoms. The first-order valence-corrected chi connectivity index (χ1v) is 5.09. The summed E-state index contributed by atoms with van der Waals surface area (Å²) in [4.78, 5) is 17.6. The molecule has 0 atom stereocenters. The normalized spacial score (nSPS) is 9.31. The zero-order chi connectivity index (χ0) is 12.1. The molecule has 5 nitrogen and oxygen atoms in total. The van der Waals surface area contributed by atoms with Crippen LogP contribution in [0.3, 0.4) is 0 Å². The van der Waals surface area contributed by atoms with Gasteiger partial charge in [0.15, 0.2) is 0 Å². The summed E-state index contributed by atoms with van der Waals surface area (Å²) >= 11 is 7.65. The molecule has 0 saturated carbocycles. The Kier molecular flexibility index (Phi) is 4.27. The van der Waals surface area contributed by atoms with Crippen molar-refractivity contribution < 1.29 is 0 Å². The van der Waals surface area contributed by atoms with Crippen LogP contribution < -0.4 is 17.0 Å². The van der Waals surface area contributed by atoms with Crippen LogP contribution in [-0.4, -0.2) is 14.3 Å². The Labute approximate surface area is 102 Å². The van der Waals surface area contributed by atoms with Crippen LogP contribution in [-0.2, 0) is 0 Å². The number of hydrogen-bond donors (Lipinski definition) is 4. The smallest absolute Gasteiger partial charge is 0.260 e. The molecule has 0 fully saturated rings. The molecule has 0 aliphatic heterocycles. The summed E-state index contributed by atoms with van der Waals surface area (Å²) in [6.07, 6.45) is 0. The minimum Gasteiger partial charge on any atom is -0.385 e. The molecule has 1 aromatic carbocycles. The summed E-state index contributed by atoms with van der Waals surface area (Å²) in [6, 6.07) is 7.06. The van der Waals surface area contributed by atoms with E-state index in [1.807, 2.05) is 6.07 Å². The first-order valence-electron chi connectivity index (χ1n) is 4.23. The number of hydrogen-bond acceptors (Lipinski definition) is 4. The van der Waals surface area contributed by atoms with Gasteiger partial charge in [-0.15, -0.1) is 12.6 Å². The summed E-state index contributed by atoms with van der Waals surface area (Å²) in [7, 11) is 0. The second-order valence-corrected chi connectivity index (χ2v) is 4.03. The number of thiocarbonyl (C=S) groups is 1. The summed E-state index contributed by atoms with van der Waals surface area (Å²) in [5, 5.41) is 0.562. The summed E-state index contributed by atoms with van der Waals surface area (Å²) in [5.74, 6) is 0.152. The fourth-order valence-corrected chi connectivity index (χ4v) is 1.10. The van der Waals surface area contributed by atoms with Crippen LogP contribution in [0.5, 0.6) is 0 Å². The highest BCUT2D eigenvalue weighted by molar-refractivity contribution is 8.10. The van der Waals surface area contributed by atoms with Crippen LogP contribution in [0, 0.1) is 0 Å². The van der Waals surface area contributed by atoms with Crippen molar-refractivity contribution in [3.05, 3.63) is 34.6 Å². The number of nitrogens with zero attached hydrogens (tertiary/aromatic N) is 1. The predicted octanol–water partition coefficient (Wildman–Crippen LogP) is 0.665. The number of fused-ring (bicyclic) bond motifs is 1. The molecular formula is C9H10N4OS2. The number of benzene rings is 1. The van der Waals surface area contributed by atoms with Gasteiger partial charge < -0.3 is 11.5 Å². The number of anilines is 1. The zero-order valence-electron chi connectivity index (χ0n) is 8.18. The molecule has 0 saturated heterocycles. The molecule has 0 radical (unpaired) electrons. The van der Waals surface area contributed by atoms with Gasteiger partial charge in [0.2, 0.25) is 5.95 Å². The molecule has 1 aromatic heterocycles. The van der Waals surface area contributed by atoms with E-state index in [0.717, 1.165) is 0 Å². The van der Waals surface area contributed by atoms with E-state index >= 15 is 0 Å². The van der Waals surface area contributed by atoms with E-state index in [4.69, 9.17) is 11.5 Å². The highest BCUT2D eigenvalue weighted by Crippen LogP contribution is 2.05. The van der Waals surface area contributed by atoms with Crippen molar-refractivity contribution in [3.8, 4) is 0 Å². The van der Waals surface area contributed by atoms with Gasteiger partial charge in [-0.1, -0.05) is 24.4 Å². The number of nitrogens with two attached hydrogens (primary N) is 2. The summed E-state index contributed by atoms with van der Waals surface area (Å²) < 4.78 is 0.194. The van der Waals surface area contributed by atoms with Crippen LogP contribution in [0.4, 0.5) is 5.95 Å². The fourth-order valence-electron chi connectivity index (χ4n) is 1.10. The molecule has 0 amide bonds. The Morgan fingerprint density at radius 1 is 1.44 bits per heavy atom. The van der Waals surface area contributed by atoms with E-state index in [1.54, 1.807) is 18.2 Å². The first-order chi connectivity index (χ1) is 7.50. The van der Waals surface area contributed by atoms with E-state index in [2.05, 4.69) is 34.8 Å². The maximum Gasteiger partial charge on any atom is 0.260 e. The number of nitrogens with one attached hydrogen (secondary N) is 1. The summed E-state index contributed by atoms with van der Waals surface area (Å²) in [5.41, 5.74) is 10.5. The highest BCUT2D eigenvalue weighted by Gasteiger charge is 1.98. The Hall–Kier alpha value is -1.60. The van der Waals surface area contributed by atoms with Crippen LogP contribution >= 0.6 is 24.8 Å². The lowest BCUT2D eigenvalue weighted by Crippen LogP contribution is -2.10. The van der Waals surface area contributed by atoms with E-state index in [9.17, 15) is 4.79 Å². The van der Waals surface area contributed by atoms with Crippen molar-refractivity contribution in [2.24, 2.45) is 5.73 Å². The van der Waals surface area contributed by atoms with Crippen LogP contribution in [0.1, 0.15) is 0 Å². The number of rotatable bonds is 0. The van der Waals surface area contributed by atoms with Gasteiger partial charge in [-0.05, 0) is 12.1 Å². The van der Waals surface area contributed by atoms with Gasteiger partial charge in [-0.2, -0.15) is 0 Å². The third kappa shape index (κ3) is 3.52. The quantitative estimate of drug-likeness (QED) is 0.409. The van der Waals surface area contributed by atoms with E-state index in [1.165, 1.54) is 0 Å². The Bertz CT molecular complexity index is 563. The van der Waals surface area contributed by atoms with Gasteiger partial charge >= 0.3 is 0 Å². The third-order valence-corrected chi connectivity index (χ3v) is 1.63. The number of para-hydroxylation sites is 1. The number of nitrogen functional groups attached to an aromatic ring is 1. The van der Waals surface area contributed by atoms with Gasteiger partial charge in [0, 0.05) is 0 Å². The largest absolute Gasteiger partial charge is 0.385 e. The molecule has 2 aromatic rings. The second kappa shape index (κ2) is 5.47. The molecule has 0 aliphatic rings. The van der Waals surface area contributed by atoms with Crippen molar-refractivity contribution in [2.75, 3.05) is 5.73 Å². The molecule has 0 unspecified atom stereocenters. The Morgan fingerprint density at radius 2 is 2.00 bits per heavy atom. The number of thiol groups is 1. The van der Waals surface area contributed by atoms with Crippen molar-refractivity contribution >= 4 is 46.0 Å². The average molecular weight is 254 g/mol. The highest BCUT2D eigenvalue weighted by atomic mass is 32.1. The Balaban J connectivity index is 0.000000280. The predicted molar refractivity (Wildman–Crippen MR) is 72.5 cm³/mol. The van der Waals surface area contributed by atoms with Gasteiger partial charge in [0.25, 0.3) is 5.56 Å². The topological polar surface area (TPSA) is 97.8 Å². The molecule has 1 heterocycles. The zero-order valence-corrected chi connectivity index (χ0v) is 9.89. The maximum absolute atomic E-state index is 11.2. The first kappa shape index (κ1) is 12.5. The monoisotopic (exact) mass is 254 g/mol. The molecule has 5 N–H and O–H groups in total. The lowest BCUT2D eigenvalue weighted by molar-refractivity contribution is 1.19. The van der Waals surface area contributed by atoms with Crippen LogP contribution in [0.2, 0.25) is 0 Å². The van der Waals surface area contributed by atoms with Crippen molar-refractivity contribution in [1.29, 1.82) is 0 Å². The van der Waals surface area contributed by atoms with Gasteiger partial charge in [-0.25, -0.2) is 4.98 Å².